The van der Waals surface area contributed by atoms with Gasteiger partial charge in [0.1, 0.15) is 17.3 Å². The molecule has 0 aliphatic heterocycles. The molecular formula is C15H15N3O2. The number of nitrogens with zero attached hydrogens (tertiary/aromatic N) is 1. The number of hydrogen-bond acceptors (Lipinski definition) is 5. The lowest BCUT2D eigenvalue weighted by molar-refractivity contribution is 0.517. The third-order valence-electron chi connectivity index (χ3n) is 2.83. The van der Waals surface area contributed by atoms with Gasteiger partial charge < -0.3 is 19.5 Å². The molecule has 3 heterocycles. The molecule has 5 heteroatoms. The summed E-state index contributed by atoms with van der Waals surface area (Å²) in [4.78, 5) is 4.33. The van der Waals surface area contributed by atoms with E-state index in [1.165, 1.54) is 0 Å². The lowest BCUT2D eigenvalue weighted by Gasteiger charge is -2.06. The number of nitrogens with one attached hydrogen (secondary N) is 2. The minimum absolute atomic E-state index is 0.624. The molecule has 5 nitrogen and oxygen atoms in total. The first-order valence-corrected chi connectivity index (χ1v) is 6.39. The summed E-state index contributed by atoms with van der Waals surface area (Å²) >= 11 is 0. The summed E-state index contributed by atoms with van der Waals surface area (Å²) in [5.74, 6) is 2.58. The molecule has 3 rings (SSSR count). The molecule has 102 valence electrons. The van der Waals surface area contributed by atoms with E-state index in [0.29, 0.717) is 13.1 Å². The fourth-order valence-corrected chi connectivity index (χ4v) is 1.80. The SMILES string of the molecule is c1coc(CNc2ccc(NCc3ccco3)nc2)c1. The van der Waals surface area contributed by atoms with Gasteiger partial charge in [-0.2, -0.15) is 0 Å². The summed E-state index contributed by atoms with van der Waals surface area (Å²) in [6.07, 6.45) is 5.11. The van der Waals surface area contributed by atoms with Gasteiger partial charge in [-0.15, -0.1) is 0 Å². The normalized spacial score (nSPS) is 10.4. The van der Waals surface area contributed by atoms with E-state index in [2.05, 4.69) is 15.6 Å². The molecule has 0 saturated heterocycles. The molecule has 3 aromatic rings. The molecule has 0 unspecified atom stereocenters. The van der Waals surface area contributed by atoms with E-state index in [9.17, 15) is 0 Å². The van der Waals surface area contributed by atoms with Crippen molar-refractivity contribution >= 4 is 11.5 Å². The van der Waals surface area contributed by atoms with Gasteiger partial charge in [0.15, 0.2) is 0 Å². The van der Waals surface area contributed by atoms with Crippen molar-refractivity contribution in [2.24, 2.45) is 0 Å². The monoisotopic (exact) mass is 269 g/mol. The minimum atomic E-state index is 0.624. The highest BCUT2D eigenvalue weighted by atomic mass is 16.3. The summed E-state index contributed by atoms with van der Waals surface area (Å²) in [7, 11) is 0. The van der Waals surface area contributed by atoms with E-state index >= 15 is 0 Å². The Morgan fingerprint density at radius 2 is 1.55 bits per heavy atom. The molecule has 0 spiro atoms. The third kappa shape index (κ3) is 3.20. The summed E-state index contributed by atoms with van der Waals surface area (Å²) < 4.78 is 10.5. The second-order valence-corrected chi connectivity index (χ2v) is 4.30. The van der Waals surface area contributed by atoms with Crippen molar-refractivity contribution < 1.29 is 8.83 Å². The van der Waals surface area contributed by atoms with Crippen LogP contribution >= 0.6 is 0 Å². The fourth-order valence-electron chi connectivity index (χ4n) is 1.80. The summed E-state index contributed by atoms with van der Waals surface area (Å²) in [6.45, 7) is 1.27. The Hall–Kier alpha value is -2.69. The first-order valence-electron chi connectivity index (χ1n) is 6.39. The van der Waals surface area contributed by atoms with Crippen molar-refractivity contribution in [1.29, 1.82) is 0 Å². The largest absolute Gasteiger partial charge is 0.467 e. The fraction of sp³-hybridized carbons (Fsp3) is 0.133. The quantitative estimate of drug-likeness (QED) is 0.717. The van der Waals surface area contributed by atoms with Gasteiger partial charge in [-0.25, -0.2) is 4.98 Å². The topological polar surface area (TPSA) is 63.2 Å². The molecule has 0 amide bonds. The Kier molecular flexibility index (Phi) is 3.68. The summed E-state index contributed by atoms with van der Waals surface area (Å²) in [5, 5.41) is 6.43. The summed E-state index contributed by atoms with van der Waals surface area (Å²) in [6, 6.07) is 11.5. The number of anilines is 2. The standard InChI is InChI=1S/C15H15N3O2/c1-3-13(19-7-1)10-16-12-5-6-15(17-9-12)18-11-14-4-2-8-20-14/h1-9,16H,10-11H2,(H,17,18). The van der Waals surface area contributed by atoms with Crippen LogP contribution in [0.3, 0.4) is 0 Å². The molecule has 0 radical (unpaired) electrons. The van der Waals surface area contributed by atoms with E-state index in [4.69, 9.17) is 8.83 Å². The van der Waals surface area contributed by atoms with Gasteiger partial charge in [0, 0.05) is 0 Å². The lowest BCUT2D eigenvalue weighted by Crippen LogP contribution is -2.02. The van der Waals surface area contributed by atoms with Crippen LogP contribution in [0.1, 0.15) is 11.5 Å². The van der Waals surface area contributed by atoms with Crippen molar-refractivity contribution in [1.82, 2.24) is 4.98 Å². The highest BCUT2D eigenvalue weighted by Crippen LogP contribution is 2.12. The van der Waals surface area contributed by atoms with E-state index in [1.54, 1.807) is 18.7 Å². The Labute approximate surface area is 116 Å². The smallest absolute Gasteiger partial charge is 0.126 e. The van der Waals surface area contributed by atoms with Crippen LogP contribution in [0.15, 0.2) is 64.0 Å². The zero-order valence-electron chi connectivity index (χ0n) is 10.9. The van der Waals surface area contributed by atoms with Crippen molar-refractivity contribution in [2.45, 2.75) is 13.1 Å². The van der Waals surface area contributed by atoms with E-state index in [1.807, 2.05) is 36.4 Å². The van der Waals surface area contributed by atoms with Crippen LogP contribution < -0.4 is 10.6 Å². The van der Waals surface area contributed by atoms with Gasteiger partial charge in [-0.1, -0.05) is 0 Å². The third-order valence-corrected chi connectivity index (χ3v) is 2.83. The predicted octanol–water partition coefficient (Wildman–Crippen LogP) is 3.49. The molecule has 0 aliphatic rings. The second kappa shape index (κ2) is 5.97. The zero-order valence-corrected chi connectivity index (χ0v) is 10.9. The van der Waals surface area contributed by atoms with Crippen LogP contribution in [0.25, 0.3) is 0 Å². The van der Waals surface area contributed by atoms with E-state index in [-0.39, 0.29) is 0 Å². The Morgan fingerprint density at radius 1 is 0.850 bits per heavy atom. The first-order chi connectivity index (χ1) is 9.90. The van der Waals surface area contributed by atoms with Crippen LogP contribution in [-0.4, -0.2) is 4.98 Å². The van der Waals surface area contributed by atoms with Crippen molar-refractivity contribution in [3.63, 3.8) is 0 Å². The molecule has 0 fully saturated rings. The first kappa shape index (κ1) is 12.3. The molecule has 0 bridgehead atoms. The maximum absolute atomic E-state index is 5.25. The highest BCUT2D eigenvalue weighted by molar-refractivity contribution is 5.47. The second-order valence-electron chi connectivity index (χ2n) is 4.30. The van der Waals surface area contributed by atoms with Gasteiger partial charge in [0.2, 0.25) is 0 Å². The van der Waals surface area contributed by atoms with Crippen molar-refractivity contribution in [3.8, 4) is 0 Å². The van der Waals surface area contributed by atoms with Crippen LogP contribution in [0.5, 0.6) is 0 Å². The average Bonchev–Trinajstić information content (AvgIpc) is 3.17. The van der Waals surface area contributed by atoms with Crippen molar-refractivity contribution in [3.05, 3.63) is 66.6 Å². The Morgan fingerprint density at radius 3 is 2.10 bits per heavy atom. The molecule has 0 atom stereocenters. The maximum Gasteiger partial charge on any atom is 0.126 e. The summed E-state index contributed by atoms with van der Waals surface area (Å²) in [5.41, 5.74) is 0.949. The van der Waals surface area contributed by atoms with Crippen LogP contribution in [-0.2, 0) is 13.1 Å². The van der Waals surface area contributed by atoms with Crippen molar-refractivity contribution in [2.75, 3.05) is 10.6 Å². The zero-order chi connectivity index (χ0) is 13.6. The molecule has 0 aliphatic carbocycles. The van der Waals surface area contributed by atoms with Crippen LogP contribution in [0.4, 0.5) is 11.5 Å². The van der Waals surface area contributed by atoms with Gasteiger partial charge >= 0.3 is 0 Å². The van der Waals surface area contributed by atoms with Gasteiger partial charge in [-0.3, -0.25) is 0 Å². The Balaban J connectivity index is 1.51. The van der Waals surface area contributed by atoms with Crippen LogP contribution in [0.2, 0.25) is 0 Å². The Bertz CT molecular complexity index is 558. The molecule has 3 aromatic heterocycles. The number of rotatable bonds is 6. The van der Waals surface area contributed by atoms with E-state index in [0.717, 1.165) is 23.0 Å². The number of hydrogen-bond donors (Lipinski definition) is 2. The minimum Gasteiger partial charge on any atom is -0.467 e. The van der Waals surface area contributed by atoms with Gasteiger partial charge in [-0.05, 0) is 36.4 Å². The van der Waals surface area contributed by atoms with Gasteiger partial charge in [0.25, 0.3) is 0 Å². The number of furan rings is 2. The maximum atomic E-state index is 5.25. The molecule has 0 saturated carbocycles. The molecule has 0 aromatic carbocycles. The van der Waals surface area contributed by atoms with Crippen LogP contribution in [0, 0.1) is 0 Å². The highest BCUT2D eigenvalue weighted by Gasteiger charge is 1.99. The molecule has 20 heavy (non-hydrogen) atoms. The van der Waals surface area contributed by atoms with E-state index < -0.39 is 0 Å². The lowest BCUT2D eigenvalue weighted by atomic mass is 10.3. The average molecular weight is 269 g/mol. The van der Waals surface area contributed by atoms with Gasteiger partial charge in [0.05, 0.1) is 37.5 Å². The molecule has 2 N–H and O–H groups in total. The number of pyridine rings is 1. The number of aromatic nitrogens is 1. The predicted molar refractivity (Wildman–Crippen MR) is 76.3 cm³/mol. The molecular weight excluding hydrogens is 254 g/mol.